The van der Waals surface area contributed by atoms with Crippen LogP contribution in [0.15, 0.2) is 72.8 Å². The largest absolute Gasteiger partial charge is 0.489 e. The summed E-state index contributed by atoms with van der Waals surface area (Å²) in [5.74, 6) is -0.117. The Morgan fingerprint density at radius 2 is 1.64 bits per heavy atom. The topological polar surface area (TPSA) is 96.0 Å². The molecule has 0 fully saturated rings. The minimum Gasteiger partial charge on any atom is -0.489 e. The van der Waals surface area contributed by atoms with Crippen LogP contribution in [0.5, 0.6) is 5.75 Å². The molecule has 0 radical (unpaired) electrons. The van der Waals surface area contributed by atoms with Gasteiger partial charge in [-0.15, -0.1) is 0 Å². The first-order valence-corrected chi connectivity index (χ1v) is 16.2. The van der Waals surface area contributed by atoms with Crippen LogP contribution in [0.1, 0.15) is 38.3 Å². The molecular weight excluding hydrogens is 597 g/mol. The highest BCUT2D eigenvalue weighted by atomic mass is 35.5. The van der Waals surface area contributed by atoms with E-state index in [1.54, 1.807) is 49.4 Å². The molecule has 0 aliphatic heterocycles. The predicted molar refractivity (Wildman–Crippen MR) is 168 cm³/mol. The molecule has 0 aromatic heterocycles. The van der Waals surface area contributed by atoms with Crippen LogP contribution >= 0.6 is 23.2 Å². The number of carbonyl (C=O) groups excluding carboxylic acids is 2. The van der Waals surface area contributed by atoms with Gasteiger partial charge in [0.1, 0.15) is 24.9 Å². The molecule has 3 aromatic rings. The van der Waals surface area contributed by atoms with Crippen molar-refractivity contribution in [1.82, 2.24) is 10.2 Å². The summed E-state index contributed by atoms with van der Waals surface area (Å²) in [6, 6.07) is 20.2. The van der Waals surface area contributed by atoms with Crippen molar-refractivity contribution in [2.24, 2.45) is 5.92 Å². The van der Waals surface area contributed by atoms with Gasteiger partial charge in [0.15, 0.2) is 0 Å². The molecule has 11 heteroatoms. The monoisotopic (exact) mass is 633 g/mol. The van der Waals surface area contributed by atoms with E-state index in [9.17, 15) is 18.0 Å². The molecule has 1 unspecified atom stereocenters. The minimum atomic E-state index is -3.87. The number of sulfonamides is 1. The zero-order valence-electron chi connectivity index (χ0n) is 24.2. The maximum atomic E-state index is 13.9. The number of nitrogens with zero attached hydrogens (tertiary/aromatic N) is 2. The molecule has 0 saturated heterocycles. The fourth-order valence-corrected chi connectivity index (χ4v) is 5.56. The van der Waals surface area contributed by atoms with Gasteiger partial charge in [0.25, 0.3) is 0 Å². The van der Waals surface area contributed by atoms with Crippen LogP contribution < -0.4 is 14.4 Å². The number of carbonyl (C=O) groups is 2. The molecule has 2 amide bonds. The second-order valence-corrected chi connectivity index (χ2v) is 13.1. The van der Waals surface area contributed by atoms with Gasteiger partial charge in [-0.1, -0.05) is 80.4 Å². The maximum Gasteiger partial charge on any atom is 0.244 e. The summed E-state index contributed by atoms with van der Waals surface area (Å²) in [6.07, 6.45) is 1.35. The van der Waals surface area contributed by atoms with Gasteiger partial charge >= 0.3 is 0 Å². The Morgan fingerprint density at radius 1 is 0.976 bits per heavy atom. The zero-order valence-corrected chi connectivity index (χ0v) is 26.5. The van der Waals surface area contributed by atoms with Crippen LogP contribution in [0, 0.1) is 5.92 Å². The first-order chi connectivity index (χ1) is 19.9. The van der Waals surface area contributed by atoms with Crippen LogP contribution in [0.25, 0.3) is 0 Å². The average Bonchev–Trinajstić information content (AvgIpc) is 2.95. The van der Waals surface area contributed by atoms with Crippen molar-refractivity contribution < 1.29 is 22.7 Å². The molecule has 226 valence electrons. The van der Waals surface area contributed by atoms with Crippen molar-refractivity contribution in [3.8, 4) is 5.75 Å². The zero-order chi connectivity index (χ0) is 30.9. The lowest BCUT2D eigenvalue weighted by Gasteiger charge is -2.33. The van der Waals surface area contributed by atoms with Gasteiger partial charge in [-0.3, -0.25) is 13.9 Å². The summed E-state index contributed by atoms with van der Waals surface area (Å²) in [6.45, 7) is 6.01. The minimum absolute atomic E-state index is 0.00763. The Morgan fingerprint density at radius 3 is 2.21 bits per heavy atom. The fourth-order valence-electron chi connectivity index (χ4n) is 4.24. The third-order valence-electron chi connectivity index (χ3n) is 6.48. The summed E-state index contributed by atoms with van der Waals surface area (Å²) in [7, 11) is -3.87. The van der Waals surface area contributed by atoms with Crippen LogP contribution in [-0.2, 0) is 32.8 Å². The predicted octanol–water partition coefficient (Wildman–Crippen LogP) is 5.92. The Kier molecular flexibility index (Phi) is 12.1. The van der Waals surface area contributed by atoms with Crippen molar-refractivity contribution in [1.29, 1.82) is 0 Å². The number of hydrogen-bond acceptors (Lipinski definition) is 5. The van der Waals surface area contributed by atoms with E-state index in [-0.39, 0.29) is 18.4 Å². The second-order valence-electron chi connectivity index (χ2n) is 10.4. The lowest BCUT2D eigenvalue weighted by molar-refractivity contribution is -0.140. The summed E-state index contributed by atoms with van der Waals surface area (Å²) in [5.41, 5.74) is 1.86. The van der Waals surface area contributed by atoms with E-state index in [4.69, 9.17) is 27.9 Å². The van der Waals surface area contributed by atoms with Gasteiger partial charge in [-0.2, -0.15) is 0 Å². The van der Waals surface area contributed by atoms with Gasteiger partial charge in [-0.25, -0.2) is 8.42 Å². The Hall–Kier alpha value is -3.27. The van der Waals surface area contributed by atoms with E-state index >= 15 is 0 Å². The highest BCUT2D eigenvalue weighted by molar-refractivity contribution is 7.92. The maximum absolute atomic E-state index is 13.9. The summed E-state index contributed by atoms with van der Waals surface area (Å²) in [5, 5.41) is 3.66. The van der Waals surface area contributed by atoms with Gasteiger partial charge in [0, 0.05) is 23.1 Å². The number of hydrogen-bond donors (Lipinski definition) is 1. The number of amides is 2. The van der Waals surface area contributed by atoms with E-state index in [0.29, 0.717) is 46.6 Å². The third kappa shape index (κ3) is 9.64. The number of nitrogens with one attached hydrogen (secondary N) is 1. The third-order valence-corrected chi connectivity index (χ3v) is 8.21. The fraction of sp³-hybridized carbons (Fsp3) is 0.355. The number of anilines is 1. The average molecular weight is 635 g/mol. The van der Waals surface area contributed by atoms with Crippen molar-refractivity contribution in [3.05, 3.63) is 94.0 Å². The van der Waals surface area contributed by atoms with Crippen LogP contribution in [0.3, 0.4) is 0 Å². The number of halogens is 2. The van der Waals surface area contributed by atoms with Gasteiger partial charge in [0.05, 0.1) is 11.9 Å². The van der Waals surface area contributed by atoms with Gasteiger partial charge in [-0.05, 0) is 59.9 Å². The second kappa shape index (κ2) is 15.3. The standard InChI is InChI=1S/C31H37Cl2N3O5S/c1-5-29(31(38)34-18-22(2)3)35(19-24-11-12-25(32)17-28(24)33)30(37)20-36(42(4,39)40)26-13-15-27(16-14-26)41-21-23-9-7-6-8-10-23/h6-17,22,29H,5,18-21H2,1-4H3,(H,34,38). The Labute approximate surface area is 258 Å². The summed E-state index contributed by atoms with van der Waals surface area (Å²) >= 11 is 12.5. The normalized spacial score (nSPS) is 12.1. The molecule has 3 aromatic carbocycles. The molecule has 0 saturated carbocycles. The SMILES string of the molecule is CCC(C(=O)NCC(C)C)N(Cc1ccc(Cl)cc1Cl)C(=O)CN(c1ccc(OCc2ccccc2)cc1)S(C)(=O)=O. The van der Waals surface area contributed by atoms with Crippen molar-refractivity contribution >= 4 is 50.7 Å². The molecule has 1 N–H and O–H groups in total. The van der Waals surface area contributed by atoms with Crippen LogP contribution in [0.4, 0.5) is 5.69 Å². The van der Waals surface area contributed by atoms with E-state index in [1.807, 2.05) is 44.2 Å². The van der Waals surface area contributed by atoms with Gasteiger partial charge < -0.3 is 15.0 Å². The molecule has 42 heavy (non-hydrogen) atoms. The molecule has 3 rings (SSSR count). The number of ether oxygens (including phenoxy) is 1. The lowest BCUT2D eigenvalue weighted by Crippen LogP contribution is -2.52. The van der Waals surface area contributed by atoms with E-state index < -0.39 is 28.5 Å². The molecule has 0 heterocycles. The Balaban J connectivity index is 1.87. The Bertz CT molecular complexity index is 1450. The van der Waals surface area contributed by atoms with Crippen molar-refractivity contribution in [2.75, 3.05) is 23.7 Å². The number of benzene rings is 3. The van der Waals surface area contributed by atoms with E-state index in [1.165, 1.54) is 4.90 Å². The van der Waals surface area contributed by atoms with Crippen LogP contribution in [0.2, 0.25) is 10.0 Å². The molecule has 0 aliphatic carbocycles. The molecular formula is C31H37Cl2N3O5S. The lowest BCUT2D eigenvalue weighted by atomic mass is 10.1. The van der Waals surface area contributed by atoms with E-state index in [2.05, 4.69) is 5.32 Å². The first kappa shape index (κ1) is 33.2. The quantitative estimate of drug-likeness (QED) is 0.238. The van der Waals surface area contributed by atoms with Gasteiger partial charge in [0.2, 0.25) is 21.8 Å². The summed E-state index contributed by atoms with van der Waals surface area (Å²) < 4.78 is 32.6. The molecule has 8 nitrogen and oxygen atoms in total. The van der Waals surface area contributed by atoms with Crippen molar-refractivity contribution in [3.63, 3.8) is 0 Å². The molecule has 0 aliphatic rings. The summed E-state index contributed by atoms with van der Waals surface area (Å²) in [4.78, 5) is 28.4. The van der Waals surface area contributed by atoms with E-state index in [0.717, 1.165) is 16.1 Å². The molecule has 0 spiro atoms. The smallest absolute Gasteiger partial charge is 0.244 e. The first-order valence-electron chi connectivity index (χ1n) is 13.6. The number of rotatable bonds is 14. The van der Waals surface area contributed by atoms with Crippen molar-refractivity contribution in [2.45, 2.75) is 46.4 Å². The van der Waals surface area contributed by atoms with Crippen LogP contribution in [-0.4, -0.2) is 50.5 Å². The molecule has 0 bridgehead atoms. The highest BCUT2D eigenvalue weighted by Crippen LogP contribution is 2.26. The molecule has 1 atom stereocenters. The highest BCUT2D eigenvalue weighted by Gasteiger charge is 2.32.